The van der Waals surface area contributed by atoms with Gasteiger partial charge in [-0.2, -0.15) is 5.26 Å². The van der Waals surface area contributed by atoms with E-state index in [4.69, 9.17) is 40.7 Å². The lowest BCUT2D eigenvalue weighted by atomic mass is 9.98. The van der Waals surface area contributed by atoms with E-state index in [9.17, 15) is 4.79 Å². The van der Waals surface area contributed by atoms with Gasteiger partial charge in [0, 0.05) is 43.3 Å². The van der Waals surface area contributed by atoms with Crippen molar-refractivity contribution in [3.05, 3.63) is 117 Å². The number of imidazole rings is 1. The molecular formula is C34H36Cl2N6OS. The summed E-state index contributed by atoms with van der Waals surface area (Å²) < 4.78 is 1.95. The third-order valence-electron chi connectivity index (χ3n) is 7.65. The molecule has 0 aliphatic carbocycles. The highest BCUT2D eigenvalue weighted by Crippen LogP contribution is 2.27. The molecule has 0 saturated carbocycles. The molecule has 0 aliphatic heterocycles. The van der Waals surface area contributed by atoms with Gasteiger partial charge in [-0.05, 0) is 66.5 Å². The third kappa shape index (κ3) is 9.06. The molecule has 0 spiro atoms. The van der Waals surface area contributed by atoms with Gasteiger partial charge in [-0.1, -0.05) is 85.4 Å². The number of halogens is 2. The molecule has 1 amide bonds. The van der Waals surface area contributed by atoms with E-state index in [0.717, 1.165) is 34.5 Å². The first-order chi connectivity index (χ1) is 21.2. The molecule has 1 aromatic heterocycles. The van der Waals surface area contributed by atoms with Crippen molar-refractivity contribution in [3.63, 3.8) is 0 Å². The van der Waals surface area contributed by atoms with Crippen molar-refractivity contribution in [2.75, 3.05) is 11.9 Å². The second-order valence-corrected chi connectivity index (χ2v) is 12.1. The van der Waals surface area contributed by atoms with E-state index in [1.54, 1.807) is 30.7 Å². The van der Waals surface area contributed by atoms with Gasteiger partial charge < -0.3 is 20.1 Å². The first kappa shape index (κ1) is 33.0. The second kappa shape index (κ2) is 15.7. The highest BCUT2D eigenvalue weighted by Gasteiger charge is 2.25. The molecule has 4 aromatic rings. The zero-order chi connectivity index (χ0) is 31.6. The van der Waals surface area contributed by atoms with Crippen LogP contribution in [0.2, 0.25) is 10.0 Å². The Balaban J connectivity index is 1.51. The summed E-state index contributed by atoms with van der Waals surface area (Å²) in [7, 11) is 0. The Kier molecular flexibility index (Phi) is 11.8. The molecule has 7 nitrogen and oxygen atoms in total. The zero-order valence-corrected chi connectivity index (χ0v) is 27.4. The summed E-state index contributed by atoms with van der Waals surface area (Å²) in [5.74, 6) is 0.0667. The molecule has 2 unspecified atom stereocenters. The number of aromatic nitrogens is 2. The van der Waals surface area contributed by atoms with Crippen molar-refractivity contribution >= 4 is 52.1 Å². The molecule has 0 bridgehead atoms. The maximum Gasteiger partial charge on any atom is 0.226 e. The molecule has 0 radical (unpaired) electrons. The van der Waals surface area contributed by atoms with Gasteiger partial charge in [0.15, 0.2) is 5.11 Å². The van der Waals surface area contributed by atoms with Crippen molar-refractivity contribution < 1.29 is 4.79 Å². The average molecular weight is 648 g/mol. The number of benzene rings is 3. The number of hydrogen-bond donors (Lipinski definition) is 2. The molecule has 228 valence electrons. The maximum atomic E-state index is 13.5. The highest BCUT2D eigenvalue weighted by molar-refractivity contribution is 7.80. The van der Waals surface area contributed by atoms with Gasteiger partial charge in [0.1, 0.15) is 0 Å². The van der Waals surface area contributed by atoms with E-state index in [1.165, 1.54) is 0 Å². The largest absolute Gasteiger partial charge is 0.351 e. The van der Waals surface area contributed by atoms with Crippen molar-refractivity contribution in [1.29, 1.82) is 5.26 Å². The normalized spacial score (nSPS) is 12.2. The summed E-state index contributed by atoms with van der Waals surface area (Å²) in [4.78, 5) is 19.8. The fourth-order valence-corrected chi connectivity index (χ4v) is 5.40. The predicted molar refractivity (Wildman–Crippen MR) is 182 cm³/mol. The topological polar surface area (TPSA) is 86.0 Å². The minimum atomic E-state index is -0.196. The van der Waals surface area contributed by atoms with Crippen LogP contribution >= 0.6 is 35.4 Å². The number of nitrogens with one attached hydrogen (secondary N) is 2. The molecule has 0 fully saturated rings. The Hall–Kier alpha value is -3.90. The Morgan fingerprint density at radius 1 is 1.11 bits per heavy atom. The van der Waals surface area contributed by atoms with Crippen LogP contribution in [-0.4, -0.2) is 38.1 Å². The van der Waals surface area contributed by atoms with E-state index in [2.05, 4.69) is 35.5 Å². The number of nitriles is 1. The minimum absolute atomic E-state index is 0.102. The van der Waals surface area contributed by atoms with Gasteiger partial charge in [-0.25, -0.2) is 4.98 Å². The minimum Gasteiger partial charge on any atom is -0.351 e. The average Bonchev–Trinajstić information content (AvgIpc) is 3.45. The number of hydrogen-bond acceptors (Lipinski definition) is 4. The van der Waals surface area contributed by atoms with Crippen LogP contribution in [0, 0.1) is 24.2 Å². The Morgan fingerprint density at radius 2 is 1.84 bits per heavy atom. The molecule has 44 heavy (non-hydrogen) atoms. The first-order valence-electron chi connectivity index (χ1n) is 14.5. The molecule has 1 heterocycles. The summed E-state index contributed by atoms with van der Waals surface area (Å²) in [6.07, 6.45) is 4.48. The molecule has 2 atom stereocenters. The summed E-state index contributed by atoms with van der Waals surface area (Å²) in [5.41, 5.74) is 5.30. The first-order valence-corrected chi connectivity index (χ1v) is 15.7. The van der Waals surface area contributed by atoms with Gasteiger partial charge in [-0.3, -0.25) is 4.79 Å². The van der Waals surface area contributed by atoms with Crippen molar-refractivity contribution in [2.24, 2.45) is 5.92 Å². The van der Waals surface area contributed by atoms with Gasteiger partial charge in [0.05, 0.1) is 34.4 Å². The second-order valence-electron chi connectivity index (χ2n) is 10.9. The van der Waals surface area contributed by atoms with Gasteiger partial charge in [-0.15, -0.1) is 0 Å². The lowest BCUT2D eigenvalue weighted by molar-refractivity contribution is -0.121. The van der Waals surface area contributed by atoms with Crippen LogP contribution in [0.3, 0.4) is 0 Å². The fourth-order valence-electron chi connectivity index (χ4n) is 4.77. The van der Waals surface area contributed by atoms with Crippen LogP contribution in [0.5, 0.6) is 0 Å². The molecular weight excluding hydrogens is 611 g/mol. The standard InChI is InChI=1S/C34H36Cl2N6OS/c1-4-24(3)31(40-32(43)16-29-18-38-22-42(29)19-26-12-10-25(17-37)11-13-26)21-41(20-27-6-5-7-30(35)33(27)36)34(44)39-28-14-8-23(2)9-15-28/h5-15,18,22,24,31H,4,16,19-21H2,1-3H3,(H,39,44)(H,40,43). The number of thiocarbonyl (C=S) groups is 1. The zero-order valence-electron chi connectivity index (χ0n) is 25.1. The van der Waals surface area contributed by atoms with E-state index in [1.807, 2.05) is 64.9 Å². The number of aryl methyl sites for hydroxylation is 1. The van der Waals surface area contributed by atoms with Crippen LogP contribution in [0.15, 0.2) is 79.3 Å². The van der Waals surface area contributed by atoms with Crippen LogP contribution < -0.4 is 10.6 Å². The Morgan fingerprint density at radius 3 is 2.52 bits per heavy atom. The predicted octanol–water partition coefficient (Wildman–Crippen LogP) is 7.39. The summed E-state index contributed by atoms with van der Waals surface area (Å²) in [6.45, 7) is 7.70. The molecule has 0 saturated heterocycles. The number of nitrogens with zero attached hydrogens (tertiary/aromatic N) is 4. The van der Waals surface area contributed by atoms with E-state index in [0.29, 0.717) is 40.4 Å². The molecule has 0 aliphatic rings. The quantitative estimate of drug-likeness (QED) is 0.156. The van der Waals surface area contributed by atoms with Crippen molar-refractivity contribution in [3.8, 4) is 6.07 Å². The Labute approximate surface area is 274 Å². The monoisotopic (exact) mass is 646 g/mol. The number of carbonyl (C=O) groups is 1. The van der Waals surface area contributed by atoms with E-state index in [-0.39, 0.29) is 24.3 Å². The number of anilines is 1. The fraction of sp³-hybridized carbons (Fsp3) is 0.294. The number of amides is 1. The van der Waals surface area contributed by atoms with Crippen molar-refractivity contribution in [2.45, 2.75) is 52.7 Å². The summed E-state index contributed by atoms with van der Waals surface area (Å²) >= 11 is 18.8. The van der Waals surface area contributed by atoms with Crippen LogP contribution in [0.25, 0.3) is 0 Å². The SMILES string of the molecule is CCC(C)C(CN(Cc1cccc(Cl)c1Cl)C(=S)Nc1ccc(C)cc1)NC(=O)Cc1cncn1Cc1ccc(C#N)cc1. The molecule has 2 N–H and O–H groups in total. The lowest BCUT2D eigenvalue weighted by Crippen LogP contribution is -2.50. The van der Waals surface area contributed by atoms with Gasteiger partial charge in [0.25, 0.3) is 0 Å². The maximum absolute atomic E-state index is 13.5. The van der Waals surface area contributed by atoms with Gasteiger partial charge in [0.2, 0.25) is 5.91 Å². The molecule has 3 aromatic carbocycles. The summed E-state index contributed by atoms with van der Waals surface area (Å²) in [6, 6.07) is 22.9. The highest BCUT2D eigenvalue weighted by atomic mass is 35.5. The number of carbonyl (C=O) groups excluding carboxylic acids is 1. The summed E-state index contributed by atoms with van der Waals surface area (Å²) in [5, 5.41) is 17.2. The molecule has 4 rings (SSSR count). The van der Waals surface area contributed by atoms with Crippen molar-refractivity contribution in [1.82, 2.24) is 19.8 Å². The van der Waals surface area contributed by atoms with Crippen LogP contribution in [0.1, 0.15) is 48.2 Å². The smallest absolute Gasteiger partial charge is 0.226 e. The van der Waals surface area contributed by atoms with Crippen LogP contribution in [0.4, 0.5) is 5.69 Å². The number of rotatable bonds is 12. The van der Waals surface area contributed by atoms with E-state index < -0.39 is 0 Å². The Bertz CT molecular complexity index is 1610. The molecule has 10 heteroatoms. The third-order valence-corrected chi connectivity index (χ3v) is 8.87. The van der Waals surface area contributed by atoms with Crippen LogP contribution in [-0.2, 0) is 24.3 Å². The van der Waals surface area contributed by atoms with E-state index >= 15 is 0 Å². The lowest BCUT2D eigenvalue weighted by Gasteiger charge is -2.33. The van der Waals surface area contributed by atoms with Gasteiger partial charge >= 0.3 is 0 Å².